The summed E-state index contributed by atoms with van der Waals surface area (Å²) in [5.74, 6) is -0.852. The molecular weight excluding hydrogens is 234 g/mol. The van der Waals surface area contributed by atoms with Crippen molar-refractivity contribution in [1.29, 1.82) is 0 Å². The Morgan fingerprint density at radius 2 is 2.17 bits per heavy atom. The monoisotopic (exact) mass is 251 g/mol. The van der Waals surface area contributed by atoms with Crippen molar-refractivity contribution in [1.82, 2.24) is 10.3 Å². The zero-order chi connectivity index (χ0) is 13.5. The Hall–Kier alpha value is -2.11. The number of nitrogens with one attached hydrogen (secondary N) is 2. The summed E-state index contributed by atoms with van der Waals surface area (Å²) < 4.78 is 0. The molecule has 1 atom stereocenters. The third-order valence-corrected chi connectivity index (χ3v) is 2.23. The summed E-state index contributed by atoms with van der Waals surface area (Å²) >= 11 is 0. The summed E-state index contributed by atoms with van der Waals surface area (Å²) in [5, 5.41) is 13.9. The number of rotatable bonds is 5. The van der Waals surface area contributed by atoms with Gasteiger partial charge >= 0.3 is 12.0 Å². The van der Waals surface area contributed by atoms with E-state index in [2.05, 4.69) is 15.6 Å². The second-order valence-corrected chi connectivity index (χ2v) is 4.36. The van der Waals surface area contributed by atoms with Crippen LogP contribution in [0.3, 0.4) is 0 Å². The Kier molecular flexibility index (Phi) is 5.10. The van der Waals surface area contributed by atoms with Crippen LogP contribution in [0.5, 0.6) is 0 Å². The van der Waals surface area contributed by atoms with Crippen LogP contribution in [0.25, 0.3) is 0 Å². The van der Waals surface area contributed by atoms with E-state index in [1.807, 2.05) is 13.8 Å². The molecule has 0 aromatic carbocycles. The number of anilines is 1. The Balaban J connectivity index is 2.54. The van der Waals surface area contributed by atoms with E-state index in [0.717, 1.165) is 0 Å². The molecule has 3 N–H and O–H groups in total. The first-order chi connectivity index (χ1) is 8.49. The maximum absolute atomic E-state index is 11.6. The van der Waals surface area contributed by atoms with Gasteiger partial charge in [-0.25, -0.2) is 9.59 Å². The van der Waals surface area contributed by atoms with Gasteiger partial charge in [0.15, 0.2) is 0 Å². The number of hydrogen-bond donors (Lipinski definition) is 3. The molecule has 0 saturated carbocycles. The molecule has 0 fully saturated rings. The highest BCUT2D eigenvalue weighted by Gasteiger charge is 2.20. The molecule has 0 aliphatic rings. The predicted octanol–water partition coefficient (Wildman–Crippen LogP) is 1.70. The smallest absolute Gasteiger partial charge is 0.326 e. The fraction of sp³-hybridized carbons (Fsp3) is 0.417. The van der Waals surface area contributed by atoms with Crippen LogP contribution in [-0.4, -0.2) is 28.1 Å². The molecule has 18 heavy (non-hydrogen) atoms. The molecular formula is C12H17N3O3. The van der Waals surface area contributed by atoms with Gasteiger partial charge in [-0.1, -0.05) is 13.8 Å². The van der Waals surface area contributed by atoms with E-state index < -0.39 is 18.0 Å². The van der Waals surface area contributed by atoms with Crippen molar-refractivity contribution in [2.45, 2.75) is 26.3 Å². The highest BCUT2D eigenvalue weighted by Crippen LogP contribution is 2.06. The van der Waals surface area contributed by atoms with Crippen LogP contribution in [-0.2, 0) is 4.79 Å². The summed E-state index contributed by atoms with van der Waals surface area (Å²) in [6.45, 7) is 3.80. The molecule has 0 bridgehead atoms. The zero-order valence-electron chi connectivity index (χ0n) is 10.4. The van der Waals surface area contributed by atoms with Gasteiger partial charge in [0.1, 0.15) is 6.04 Å². The molecule has 0 aliphatic heterocycles. The SMILES string of the molecule is CC(C)CC(NC(=O)Nc1cccnc1)C(=O)O. The third kappa shape index (κ3) is 4.82. The minimum absolute atomic E-state index is 0.185. The van der Waals surface area contributed by atoms with Crippen LogP contribution in [0, 0.1) is 5.92 Å². The van der Waals surface area contributed by atoms with E-state index in [-0.39, 0.29) is 5.92 Å². The van der Waals surface area contributed by atoms with Crippen molar-refractivity contribution in [2.24, 2.45) is 5.92 Å². The van der Waals surface area contributed by atoms with E-state index in [4.69, 9.17) is 5.11 Å². The first-order valence-electron chi connectivity index (χ1n) is 5.69. The summed E-state index contributed by atoms with van der Waals surface area (Å²) in [7, 11) is 0. The van der Waals surface area contributed by atoms with E-state index >= 15 is 0 Å². The molecule has 2 amide bonds. The standard InChI is InChI=1S/C12H17N3O3/c1-8(2)6-10(11(16)17)15-12(18)14-9-4-3-5-13-7-9/h3-5,7-8,10H,6H2,1-2H3,(H,16,17)(H2,14,15,18). The molecule has 0 saturated heterocycles. The molecule has 1 heterocycles. The molecule has 1 aromatic rings. The first-order valence-corrected chi connectivity index (χ1v) is 5.69. The summed E-state index contributed by atoms with van der Waals surface area (Å²) in [5.41, 5.74) is 0.517. The van der Waals surface area contributed by atoms with Gasteiger partial charge in [0.25, 0.3) is 0 Å². The number of pyridine rings is 1. The van der Waals surface area contributed by atoms with Crippen LogP contribution in [0.2, 0.25) is 0 Å². The fourth-order valence-electron chi connectivity index (χ4n) is 1.46. The Labute approximate surface area is 105 Å². The van der Waals surface area contributed by atoms with Crippen LogP contribution in [0.1, 0.15) is 20.3 Å². The summed E-state index contributed by atoms with van der Waals surface area (Å²) in [6, 6.07) is 1.92. The summed E-state index contributed by atoms with van der Waals surface area (Å²) in [6.07, 6.45) is 3.45. The maximum Gasteiger partial charge on any atom is 0.326 e. The van der Waals surface area contributed by atoms with E-state index in [0.29, 0.717) is 12.1 Å². The lowest BCUT2D eigenvalue weighted by molar-refractivity contribution is -0.139. The van der Waals surface area contributed by atoms with Crippen molar-refractivity contribution in [3.05, 3.63) is 24.5 Å². The number of aromatic nitrogens is 1. The Morgan fingerprint density at radius 3 is 2.67 bits per heavy atom. The van der Waals surface area contributed by atoms with E-state index in [1.165, 1.54) is 6.20 Å². The highest BCUT2D eigenvalue weighted by atomic mass is 16.4. The van der Waals surface area contributed by atoms with Gasteiger partial charge < -0.3 is 15.7 Å². The van der Waals surface area contributed by atoms with Crippen molar-refractivity contribution in [2.75, 3.05) is 5.32 Å². The van der Waals surface area contributed by atoms with Gasteiger partial charge in [-0.05, 0) is 24.5 Å². The van der Waals surface area contributed by atoms with Gasteiger partial charge in [0.2, 0.25) is 0 Å². The van der Waals surface area contributed by atoms with E-state index in [9.17, 15) is 9.59 Å². The number of amides is 2. The number of carbonyl (C=O) groups is 2. The largest absolute Gasteiger partial charge is 0.480 e. The molecule has 98 valence electrons. The second kappa shape index (κ2) is 6.58. The van der Waals surface area contributed by atoms with Gasteiger partial charge in [-0.15, -0.1) is 0 Å². The molecule has 1 rings (SSSR count). The second-order valence-electron chi connectivity index (χ2n) is 4.36. The molecule has 1 aromatic heterocycles. The molecule has 0 aliphatic carbocycles. The maximum atomic E-state index is 11.6. The lowest BCUT2D eigenvalue weighted by atomic mass is 10.0. The molecule has 0 spiro atoms. The van der Waals surface area contributed by atoms with Gasteiger partial charge in [0, 0.05) is 6.20 Å². The van der Waals surface area contributed by atoms with Crippen LogP contribution >= 0.6 is 0 Å². The minimum Gasteiger partial charge on any atom is -0.480 e. The Bertz CT molecular complexity index is 406. The molecule has 6 heteroatoms. The number of carboxylic acids is 1. The number of hydrogen-bond acceptors (Lipinski definition) is 3. The van der Waals surface area contributed by atoms with Crippen LogP contribution in [0.15, 0.2) is 24.5 Å². The quantitative estimate of drug-likeness (QED) is 0.742. The lowest BCUT2D eigenvalue weighted by Gasteiger charge is -2.16. The number of carbonyl (C=O) groups excluding carboxylic acids is 1. The Morgan fingerprint density at radius 1 is 1.44 bits per heavy atom. The average Bonchev–Trinajstić information content (AvgIpc) is 2.28. The van der Waals surface area contributed by atoms with Crippen molar-refractivity contribution in [3.63, 3.8) is 0 Å². The predicted molar refractivity (Wildman–Crippen MR) is 67.3 cm³/mol. The van der Waals surface area contributed by atoms with Crippen molar-refractivity contribution >= 4 is 17.7 Å². The zero-order valence-corrected chi connectivity index (χ0v) is 10.4. The van der Waals surface area contributed by atoms with Crippen LogP contribution in [0.4, 0.5) is 10.5 Å². The lowest BCUT2D eigenvalue weighted by Crippen LogP contribution is -2.43. The molecule has 0 radical (unpaired) electrons. The number of nitrogens with zero attached hydrogens (tertiary/aromatic N) is 1. The van der Waals surface area contributed by atoms with Crippen LogP contribution < -0.4 is 10.6 Å². The van der Waals surface area contributed by atoms with Crippen molar-refractivity contribution < 1.29 is 14.7 Å². The van der Waals surface area contributed by atoms with Gasteiger partial charge in [-0.2, -0.15) is 0 Å². The molecule has 6 nitrogen and oxygen atoms in total. The third-order valence-electron chi connectivity index (χ3n) is 2.23. The van der Waals surface area contributed by atoms with E-state index in [1.54, 1.807) is 18.3 Å². The van der Waals surface area contributed by atoms with Crippen molar-refractivity contribution in [3.8, 4) is 0 Å². The van der Waals surface area contributed by atoms with Gasteiger partial charge in [0.05, 0.1) is 11.9 Å². The number of carboxylic acid groups (broad SMARTS) is 1. The highest BCUT2D eigenvalue weighted by molar-refractivity contribution is 5.92. The number of aliphatic carboxylic acids is 1. The average molecular weight is 251 g/mol. The topological polar surface area (TPSA) is 91.3 Å². The minimum atomic E-state index is -1.04. The molecule has 1 unspecified atom stereocenters. The normalized spacial score (nSPS) is 11.9. The number of urea groups is 1. The summed E-state index contributed by atoms with van der Waals surface area (Å²) in [4.78, 5) is 26.4. The first kappa shape index (κ1) is 14.0. The fourth-order valence-corrected chi connectivity index (χ4v) is 1.46. The van der Waals surface area contributed by atoms with Gasteiger partial charge in [-0.3, -0.25) is 4.98 Å².